The van der Waals surface area contributed by atoms with Gasteiger partial charge in [0.1, 0.15) is 0 Å². The molecule has 1 rings (SSSR count). The normalized spacial score (nSPS) is 25.4. The quantitative estimate of drug-likeness (QED) is 0.510. The first kappa shape index (κ1) is 6.56. The van der Waals surface area contributed by atoms with Gasteiger partial charge in [0.15, 0.2) is 0 Å². The maximum absolute atomic E-state index is 2.22. The molecule has 50 valence electrons. The molecule has 0 aromatic carbocycles. The highest BCUT2D eigenvalue weighted by Crippen LogP contribution is 2.06. The molecule has 0 radical (unpaired) electrons. The maximum Gasteiger partial charge on any atom is 0.0309 e. The zero-order chi connectivity index (χ0) is 6.69. The van der Waals surface area contributed by atoms with Crippen LogP contribution in [0.3, 0.4) is 0 Å². The highest BCUT2D eigenvalue weighted by molar-refractivity contribution is 5.13. The maximum atomic E-state index is 2.22. The smallest absolute Gasteiger partial charge is 0.0309 e. The molecular formula is C8H13N. The largest absolute Gasteiger partial charge is 0.303 e. The molecule has 0 saturated heterocycles. The molecule has 0 bridgehead atoms. The molecule has 1 aliphatic rings. The Balaban J connectivity index is 2.46. The lowest BCUT2D eigenvalue weighted by atomic mass is 10.1. The van der Waals surface area contributed by atoms with Crippen LogP contribution in [0.5, 0.6) is 0 Å². The van der Waals surface area contributed by atoms with Gasteiger partial charge >= 0.3 is 0 Å². The highest BCUT2D eigenvalue weighted by atomic mass is 15.1. The van der Waals surface area contributed by atoms with Crippen LogP contribution in [0.1, 0.15) is 6.42 Å². The van der Waals surface area contributed by atoms with Gasteiger partial charge in [0.2, 0.25) is 0 Å². The van der Waals surface area contributed by atoms with E-state index in [1.807, 2.05) is 0 Å². The van der Waals surface area contributed by atoms with E-state index in [-0.39, 0.29) is 0 Å². The van der Waals surface area contributed by atoms with Crippen molar-refractivity contribution in [1.29, 1.82) is 0 Å². The molecule has 0 spiro atoms. The Morgan fingerprint density at radius 3 is 2.44 bits per heavy atom. The number of likely N-dealkylation sites (N-methyl/N-ethyl adjacent to an activating group) is 1. The summed E-state index contributed by atoms with van der Waals surface area (Å²) >= 11 is 0. The molecule has 0 heterocycles. The Labute approximate surface area is 56.7 Å². The van der Waals surface area contributed by atoms with Gasteiger partial charge in [0, 0.05) is 6.04 Å². The van der Waals surface area contributed by atoms with Crippen molar-refractivity contribution in [3.63, 3.8) is 0 Å². The van der Waals surface area contributed by atoms with Crippen molar-refractivity contribution in [3.8, 4) is 0 Å². The van der Waals surface area contributed by atoms with E-state index in [2.05, 4.69) is 43.3 Å². The van der Waals surface area contributed by atoms with E-state index >= 15 is 0 Å². The number of hydrogen-bond donors (Lipinski definition) is 0. The Bertz CT molecular complexity index is 134. The molecule has 0 N–H and O–H groups in total. The van der Waals surface area contributed by atoms with Crippen molar-refractivity contribution < 1.29 is 0 Å². The predicted molar refractivity (Wildman–Crippen MR) is 40.4 cm³/mol. The van der Waals surface area contributed by atoms with Crippen LogP contribution in [-0.2, 0) is 0 Å². The molecule has 0 amide bonds. The van der Waals surface area contributed by atoms with Gasteiger partial charge in [0.05, 0.1) is 0 Å². The second-order valence-electron chi connectivity index (χ2n) is 2.58. The molecule has 1 atom stereocenters. The van der Waals surface area contributed by atoms with E-state index in [0.717, 1.165) is 6.42 Å². The van der Waals surface area contributed by atoms with Gasteiger partial charge < -0.3 is 4.90 Å². The van der Waals surface area contributed by atoms with Crippen molar-refractivity contribution in [2.75, 3.05) is 14.1 Å². The summed E-state index contributed by atoms with van der Waals surface area (Å²) in [7, 11) is 4.21. The minimum absolute atomic E-state index is 0.620. The topological polar surface area (TPSA) is 3.24 Å². The first-order valence-corrected chi connectivity index (χ1v) is 3.30. The van der Waals surface area contributed by atoms with Gasteiger partial charge in [-0.15, -0.1) is 0 Å². The number of nitrogens with zero attached hydrogens (tertiary/aromatic N) is 1. The van der Waals surface area contributed by atoms with Crippen LogP contribution in [0.2, 0.25) is 0 Å². The monoisotopic (exact) mass is 123 g/mol. The average molecular weight is 123 g/mol. The third kappa shape index (κ3) is 1.68. The zero-order valence-corrected chi connectivity index (χ0v) is 6.04. The summed E-state index contributed by atoms with van der Waals surface area (Å²) in [4.78, 5) is 2.22. The lowest BCUT2D eigenvalue weighted by molar-refractivity contribution is 0.344. The minimum atomic E-state index is 0.620. The molecule has 0 aromatic rings. The summed E-state index contributed by atoms with van der Waals surface area (Å²) in [5.41, 5.74) is 0. The molecule has 0 fully saturated rings. The standard InChI is InChI=1S/C8H13N/c1-9(2)8-6-4-3-5-7-8/h3-6,8H,7H2,1-2H3/t8-/m0/s1. The zero-order valence-electron chi connectivity index (χ0n) is 6.04. The molecule has 9 heavy (non-hydrogen) atoms. The van der Waals surface area contributed by atoms with Gasteiger partial charge in [-0.25, -0.2) is 0 Å². The second kappa shape index (κ2) is 2.83. The molecule has 1 nitrogen and oxygen atoms in total. The van der Waals surface area contributed by atoms with Gasteiger partial charge in [-0.3, -0.25) is 0 Å². The van der Waals surface area contributed by atoms with E-state index in [9.17, 15) is 0 Å². The van der Waals surface area contributed by atoms with Gasteiger partial charge in [-0.2, -0.15) is 0 Å². The van der Waals surface area contributed by atoms with Crippen molar-refractivity contribution >= 4 is 0 Å². The summed E-state index contributed by atoms with van der Waals surface area (Å²) in [6.07, 6.45) is 9.78. The summed E-state index contributed by atoms with van der Waals surface area (Å²) < 4.78 is 0. The van der Waals surface area contributed by atoms with Crippen molar-refractivity contribution in [2.45, 2.75) is 12.5 Å². The lowest BCUT2D eigenvalue weighted by Gasteiger charge is -2.20. The fourth-order valence-electron chi connectivity index (χ4n) is 0.950. The van der Waals surface area contributed by atoms with Crippen LogP contribution in [0.15, 0.2) is 24.3 Å². The Morgan fingerprint density at radius 1 is 1.33 bits per heavy atom. The van der Waals surface area contributed by atoms with E-state index < -0.39 is 0 Å². The Hall–Kier alpha value is -0.560. The molecule has 0 saturated carbocycles. The van der Waals surface area contributed by atoms with Crippen LogP contribution in [0, 0.1) is 0 Å². The van der Waals surface area contributed by atoms with Crippen molar-refractivity contribution in [2.24, 2.45) is 0 Å². The third-order valence-electron chi connectivity index (χ3n) is 1.62. The van der Waals surface area contributed by atoms with E-state index in [4.69, 9.17) is 0 Å². The first-order valence-electron chi connectivity index (χ1n) is 3.30. The SMILES string of the molecule is CN(C)[C@H]1C=CC=CC1. The third-order valence-corrected chi connectivity index (χ3v) is 1.62. The summed E-state index contributed by atoms with van der Waals surface area (Å²) in [6, 6.07) is 0.620. The fraction of sp³-hybridized carbons (Fsp3) is 0.500. The lowest BCUT2D eigenvalue weighted by Crippen LogP contribution is -2.25. The molecular weight excluding hydrogens is 110 g/mol. The van der Waals surface area contributed by atoms with Gasteiger partial charge in [-0.1, -0.05) is 24.3 Å². The predicted octanol–water partition coefficient (Wildman–Crippen LogP) is 1.43. The minimum Gasteiger partial charge on any atom is -0.303 e. The summed E-state index contributed by atoms with van der Waals surface area (Å²) in [6.45, 7) is 0. The van der Waals surface area contributed by atoms with Gasteiger partial charge in [0.25, 0.3) is 0 Å². The Kier molecular flexibility index (Phi) is 2.06. The molecule has 0 aliphatic heterocycles. The highest BCUT2D eigenvalue weighted by Gasteiger charge is 2.05. The van der Waals surface area contributed by atoms with Crippen molar-refractivity contribution in [3.05, 3.63) is 24.3 Å². The van der Waals surface area contributed by atoms with E-state index in [1.165, 1.54) is 0 Å². The number of rotatable bonds is 1. The molecule has 0 aromatic heterocycles. The van der Waals surface area contributed by atoms with Crippen LogP contribution in [-0.4, -0.2) is 25.0 Å². The second-order valence-corrected chi connectivity index (χ2v) is 2.58. The van der Waals surface area contributed by atoms with Crippen LogP contribution in [0.25, 0.3) is 0 Å². The van der Waals surface area contributed by atoms with E-state index in [1.54, 1.807) is 0 Å². The number of hydrogen-bond acceptors (Lipinski definition) is 1. The van der Waals surface area contributed by atoms with E-state index in [0.29, 0.717) is 6.04 Å². The number of allylic oxidation sites excluding steroid dienone is 2. The molecule has 1 heteroatoms. The fourth-order valence-corrected chi connectivity index (χ4v) is 0.950. The van der Waals surface area contributed by atoms with Gasteiger partial charge in [-0.05, 0) is 20.5 Å². The van der Waals surface area contributed by atoms with Crippen molar-refractivity contribution in [1.82, 2.24) is 4.90 Å². The summed E-state index contributed by atoms with van der Waals surface area (Å²) in [5, 5.41) is 0. The average Bonchev–Trinajstić information content (AvgIpc) is 1.90. The summed E-state index contributed by atoms with van der Waals surface area (Å²) in [5.74, 6) is 0. The Morgan fingerprint density at radius 2 is 2.11 bits per heavy atom. The van der Waals surface area contributed by atoms with Crippen LogP contribution >= 0.6 is 0 Å². The van der Waals surface area contributed by atoms with Crippen LogP contribution in [0.4, 0.5) is 0 Å². The van der Waals surface area contributed by atoms with Crippen LogP contribution < -0.4 is 0 Å². The first-order chi connectivity index (χ1) is 4.30. The molecule has 0 unspecified atom stereocenters. The molecule has 1 aliphatic carbocycles.